The fourth-order valence-corrected chi connectivity index (χ4v) is 2.68. The molecule has 0 heterocycles. The maximum absolute atomic E-state index is 11.3. The molecule has 0 radical (unpaired) electrons. The van der Waals surface area contributed by atoms with Gasteiger partial charge in [0.25, 0.3) is 0 Å². The minimum Gasteiger partial charge on any atom is -0.478 e. The smallest absolute Gasteiger partial charge is 0.336 e. The predicted octanol–water partition coefficient (Wildman–Crippen LogP) is 4.39. The quantitative estimate of drug-likeness (QED) is 0.522. The number of unbranched alkanes of at least 4 members (excludes halogenated alkanes) is 6. The predicted molar refractivity (Wildman–Crippen MR) is 92.9 cm³/mol. The standard InChI is InChI=1S/C19H28O5/c1-2-3-4-5-6-7-8-13-24-14-12-15-10-9-11-16(18(20)21)17(15)19(22)23/h9-11H,2-8,12-14H2,1H3,(H,20,21)(H,22,23). The second-order valence-electron chi connectivity index (χ2n) is 5.93. The van der Waals surface area contributed by atoms with E-state index >= 15 is 0 Å². The highest BCUT2D eigenvalue weighted by molar-refractivity contribution is 6.02. The van der Waals surface area contributed by atoms with Gasteiger partial charge in [0.15, 0.2) is 0 Å². The molecule has 0 unspecified atom stereocenters. The maximum atomic E-state index is 11.3. The molecule has 24 heavy (non-hydrogen) atoms. The fraction of sp³-hybridized carbons (Fsp3) is 0.579. The van der Waals surface area contributed by atoms with Crippen LogP contribution in [0.5, 0.6) is 0 Å². The summed E-state index contributed by atoms with van der Waals surface area (Å²) in [5, 5.41) is 18.3. The van der Waals surface area contributed by atoms with E-state index in [9.17, 15) is 14.7 Å². The number of ether oxygens (including phenoxy) is 1. The van der Waals surface area contributed by atoms with E-state index in [0.717, 1.165) is 12.8 Å². The summed E-state index contributed by atoms with van der Waals surface area (Å²) in [5.74, 6) is -2.44. The van der Waals surface area contributed by atoms with Crippen molar-refractivity contribution in [1.82, 2.24) is 0 Å². The Kier molecular flexibility index (Phi) is 9.77. The lowest BCUT2D eigenvalue weighted by Crippen LogP contribution is -2.13. The van der Waals surface area contributed by atoms with E-state index in [4.69, 9.17) is 9.84 Å². The molecule has 1 aromatic carbocycles. The Morgan fingerprint density at radius 2 is 1.58 bits per heavy atom. The molecule has 5 heteroatoms. The minimum atomic E-state index is -1.22. The Balaban J connectivity index is 2.32. The Bertz CT molecular complexity index is 524. The SMILES string of the molecule is CCCCCCCCCOCCc1cccc(C(=O)O)c1C(=O)O. The summed E-state index contributed by atoms with van der Waals surface area (Å²) in [6.07, 6.45) is 8.92. The van der Waals surface area contributed by atoms with Crippen LogP contribution < -0.4 is 0 Å². The molecule has 0 amide bonds. The van der Waals surface area contributed by atoms with Crippen molar-refractivity contribution in [2.24, 2.45) is 0 Å². The molecule has 0 aromatic heterocycles. The Hall–Kier alpha value is -1.88. The van der Waals surface area contributed by atoms with Crippen LogP contribution in [0.25, 0.3) is 0 Å². The van der Waals surface area contributed by atoms with Crippen LogP contribution in [0.3, 0.4) is 0 Å². The topological polar surface area (TPSA) is 83.8 Å². The molecular weight excluding hydrogens is 308 g/mol. The monoisotopic (exact) mass is 336 g/mol. The largest absolute Gasteiger partial charge is 0.478 e. The zero-order valence-corrected chi connectivity index (χ0v) is 14.4. The van der Waals surface area contributed by atoms with Crippen molar-refractivity contribution in [3.63, 3.8) is 0 Å². The average molecular weight is 336 g/mol. The summed E-state index contributed by atoms with van der Waals surface area (Å²) >= 11 is 0. The maximum Gasteiger partial charge on any atom is 0.336 e. The van der Waals surface area contributed by atoms with Gasteiger partial charge < -0.3 is 14.9 Å². The highest BCUT2D eigenvalue weighted by atomic mass is 16.5. The van der Waals surface area contributed by atoms with Crippen molar-refractivity contribution >= 4 is 11.9 Å². The van der Waals surface area contributed by atoms with Crippen LogP contribution in [0.2, 0.25) is 0 Å². The van der Waals surface area contributed by atoms with E-state index < -0.39 is 11.9 Å². The minimum absolute atomic E-state index is 0.135. The Morgan fingerprint density at radius 1 is 0.917 bits per heavy atom. The molecular formula is C19H28O5. The molecule has 0 atom stereocenters. The highest BCUT2D eigenvalue weighted by Gasteiger charge is 2.19. The normalized spacial score (nSPS) is 10.7. The molecule has 0 spiro atoms. The number of hydrogen-bond acceptors (Lipinski definition) is 3. The van der Waals surface area contributed by atoms with Crippen LogP contribution in [0.4, 0.5) is 0 Å². The van der Waals surface area contributed by atoms with Crippen molar-refractivity contribution in [3.8, 4) is 0 Å². The zero-order valence-electron chi connectivity index (χ0n) is 14.4. The van der Waals surface area contributed by atoms with Crippen LogP contribution in [-0.4, -0.2) is 35.4 Å². The number of aromatic carboxylic acids is 2. The lowest BCUT2D eigenvalue weighted by molar-refractivity contribution is 0.0649. The van der Waals surface area contributed by atoms with Gasteiger partial charge in [-0.2, -0.15) is 0 Å². The van der Waals surface area contributed by atoms with E-state index in [1.54, 1.807) is 12.1 Å². The fourth-order valence-electron chi connectivity index (χ4n) is 2.68. The van der Waals surface area contributed by atoms with E-state index in [1.807, 2.05) is 0 Å². The van der Waals surface area contributed by atoms with Gasteiger partial charge in [0, 0.05) is 6.61 Å². The summed E-state index contributed by atoms with van der Waals surface area (Å²) in [6, 6.07) is 4.53. The van der Waals surface area contributed by atoms with Crippen LogP contribution in [-0.2, 0) is 11.2 Å². The van der Waals surface area contributed by atoms with E-state index in [0.29, 0.717) is 25.2 Å². The number of benzene rings is 1. The van der Waals surface area contributed by atoms with Crippen LogP contribution in [0.15, 0.2) is 18.2 Å². The van der Waals surface area contributed by atoms with Gasteiger partial charge in [-0.1, -0.05) is 57.6 Å². The summed E-state index contributed by atoms with van der Waals surface area (Å²) < 4.78 is 5.56. The molecule has 1 rings (SSSR count). The molecule has 0 saturated carbocycles. The average Bonchev–Trinajstić information content (AvgIpc) is 2.56. The summed E-state index contributed by atoms with van der Waals surface area (Å²) in [5.41, 5.74) is 0.193. The number of carbonyl (C=O) groups is 2. The van der Waals surface area contributed by atoms with Gasteiger partial charge in [0.05, 0.1) is 17.7 Å². The van der Waals surface area contributed by atoms with Gasteiger partial charge in [0.2, 0.25) is 0 Å². The third kappa shape index (κ3) is 7.13. The van der Waals surface area contributed by atoms with Crippen molar-refractivity contribution < 1.29 is 24.5 Å². The van der Waals surface area contributed by atoms with Crippen molar-refractivity contribution in [1.29, 1.82) is 0 Å². The number of hydrogen-bond donors (Lipinski definition) is 2. The highest BCUT2D eigenvalue weighted by Crippen LogP contribution is 2.16. The van der Waals surface area contributed by atoms with Gasteiger partial charge in [-0.15, -0.1) is 0 Å². The van der Waals surface area contributed by atoms with E-state index in [2.05, 4.69) is 6.92 Å². The first-order valence-corrected chi connectivity index (χ1v) is 8.74. The van der Waals surface area contributed by atoms with Crippen LogP contribution in [0, 0.1) is 0 Å². The molecule has 0 aliphatic heterocycles. The van der Waals surface area contributed by atoms with Gasteiger partial charge >= 0.3 is 11.9 Å². The van der Waals surface area contributed by atoms with Crippen molar-refractivity contribution in [3.05, 3.63) is 34.9 Å². The first kappa shape index (κ1) is 20.2. The first-order valence-electron chi connectivity index (χ1n) is 8.74. The van der Waals surface area contributed by atoms with Crippen LogP contribution >= 0.6 is 0 Å². The third-order valence-electron chi connectivity index (χ3n) is 4.00. The molecule has 5 nitrogen and oxygen atoms in total. The summed E-state index contributed by atoms with van der Waals surface area (Å²) in [7, 11) is 0. The molecule has 0 saturated heterocycles. The second-order valence-corrected chi connectivity index (χ2v) is 5.93. The molecule has 1 aromatic rings. The Labute approximate surface area is 143 Å². The lowest BCUT2D eigenvalue weighted by Gasteiger charge is -2.09. The molecule has 2 N–H and O–H groups in total. The van der Waals surface area contributed by atoms with Crippen LogP contribution in [0.1, 0.15) is 78.1 Å². The molecule has 0 aliphatic rings. The van der Waals surface area contributed by atoms with Gasteiger partial charge in [-0.25, -0.2) is 9.59 Å². The number of carboxylic acid groups (broad SMARTS) is 2. The Morgan fingerprint density at radius 3 is 2.21 bits per heavy atom. The zero-order chi connectivity index (χ0) is 17.8. The molecule has 134 valence electrons. The van der Waals surface area contributed by atoms with Crippen molar-refractivity contribution in [2.45, 2.75) is 58.3 Å². The lowest BCUT2D eigenvalue weighted by atomic mass is 9.99. The molecule has 0 bridgehead atoms. The van der Waals surface area contributed by atoms with E-state index in [-0.39, 0.29) is 11.1 Å². The molecule has 0 fully saturated rings. The van der Waals surface area contributed by atoms with Gasteiger partial charge in [-0.05, 0) is 24.5 Å². The number of rotatable bonds is 13. The number of carboxylic acids is 2. The molecule has 0 aliphatic carbocycles. The second kappa shape index (κ2) is 11.6. The summed E-state index contributed by atoms with van der Waals surface area (Å²) in [4.78, 5) is 22.5. The first-order chi connectivity index (χ1) is 11.6. The third-order valence-corrected chi connectivity index (χ3v) is 4.00. The van der Waals surface area contributed by atoms with E-state index in [1.165, 1.54) is 38.2 Å². The summed E-state index contributed by atoms with van der Waals surface area (Å²) in [6.45, 7) is 3.27. The van der Waals surface area contributed by atoms with Gasteiger partial charge in [-0.3, -0.25) is 0 Å². The van der Waals surface area contributed by atoms with Crippen molar-refractivity contribution in [2.75, 3.05) is 13.2 Å². The van der Waals surface area contributed by atoms with Gasteiger partial charge in [0.1, 0.15) is 0 Å².